The molecule has 0 aliphatic heterocycles. The second-order valence-corrected chi connectivity index (χ2v) is 5.01. The number of nitrogens with one attached hydrogen (secondary N) is 2. The molecule has 1 aromatic carbocycles. The van der Waals surface area contributed by atoms with Crippen LogP contribution in [-0.2, 0) is 10.2 Å². The van der Waals surface area contributed by atoms with Crippen LogP contribution >= 0.6 is 0 Å². The third kappa shape index (κ3) is 3.60. The van der Waals surface area contributed by atoms with Crippen molar-refractivity contribution in [1.29, 1.82) is 0 Å². The zero-order valence-electron chi connectivity index (χ0n) is 9.67. The van der Waals surface area contributed by atoms with Gasteiger partial charge in [-0.1, -0.05) is 13.0 Å². The summed E-state index contributed by atoms with van der Waals surface area (Å²) in [4.78, 5) is 10.8. The van der Waals surface area contributed by atoms with Gasteiger partial charge in [-0.25, -0.2) is 4.79 Å². The number of hydrogen-bond acceptors (Lipinski definition) is 4. The summed E-state index contributed by atoms with van der Waals surface area (Å²) in [6.07, 6.45) is 0.613. The highest BCUT2D eigenvalue weighted by molar-refractivity contribution is 7.90. The molecule has 0 heterocycles. The lowest BCUT2D eigenvalue weighted by molar-refractivity contribution is 0.0694. The molecule has 0 atom stereocenters. The minimum Gasteiger partial charge on any atom is -0.505 e. The quantitative estimate of drug-likeness (QED) is 0.571. The van der Waals surface area contributed by atoms with Crippen LogP contribution in [0.1, 0.15) is 23.7 Å². The van der Waals surface area contributed by atoms with E-state index in [1.807, 2.05) is 0 Å². The monoisotopic (exact) mass is 274 g/mol. The maximum absolute atomic E-state index is 11.5. The number of hydrogen-bond donors (Lipinski definition) is 4. The number of benzene rings is 1. The summed E-state index contributed by atoms with van der Waals surface area (Å²) in [7, 11) is -3.81. The van der Waals surface area contributed by atoms with E-state index in [1.165, 1.54) is 18.2 Å². The van der Waals surface area contributed by atoms with E-state index in [4.69, 9.17) is 5.11 Å². The van der Waals surface area contributed by atoms with E-state index in [-0.39, 0.29) is 17.8 Å². The van der Waals surface area contributed by atoms with Gasteiger partial charge in [-0.05, 0) is 18.6 Å². The minimum atomic E-state index is -3.81. The van der Waals surface area contributed by atoms with E-state index >= 15 is 0 Å². The van der Waals surface area contributed by atoms with Crippen molar-refractivity contribution in [3.63, 3.8) is 0 Å². The van der Waals surface area contributed by atoms with Crippen LogP contribution in [0.4, 0.5) is 5.69 Å². The molecule has 4 N–H and O–H groups in total. The number of para-hydroxylation sites is 1. The Morgan fingerprint density at radius 2 is 2.06 bits per heavy atom. The fourth-order valence-corrected chi connectivity index (χ4v) is 2.21. The summed E-state index contributed by atoms with van der Waals surface area (Å²) in [6, 6.07) is 3.78. The highest BCUT2D eigenvalue weighted by Gasteiger charge is 2.16. The normalized spacial score (nSPS) is 11.2. The molecule has 0 aliphatic carbocycles. The molecule has 0 amide bonds. The molecule has 0 saturated heterocycles. The Balaban J connectivity index is 2.98. The van der Waals surface area contributed by atoms with Gasteiger partial charge in [0, 0.05) is 6.54 Å². The van der Waals surface area contributed by atoms with E-state index in [1.54, 1.807) is 6.92 Å². The van der Waals surface area contributed by atoms with Crippen LogP contribution < -0.4 is 9.44 Å². The first-order chi connectivity index (χ1) is 8.37. The second-order valence-electron chi connectivity index (χ2n) is 3.51. The highest BCUT2D eigenvalue weighted by atomic mass is 32.2. The topological polar surface area (TPSA) is 116 Å². The summed E-state index contributed by atoms with van der Waals surface area (Å²) in [5.74, 6) is -1.96. The SMILES string of the molecule is CCCNS(=O)(=O)Nc1cccc(C(=O)O)c1O. The summed E-state index contributed by atoms with van der Waals surface area (Å²) in [6.45, 7) is 2.04. The summed E-state index contributed by atoms with van der Waals surface area (Å²) in [5.41, 5.74) is -0.552. The van der Waals surface area contributed by atoms with Crippen LogP contribution in [-0.4, -0.2) is 31.1 Å². The van der Waals surface area contributed by atoms with Crippen LogP contribution in [0.2, 0.25) is 0 Å². The van der Waals surface area contributed by atoms with E-state index in [9.17, 15) is 18.3 Å². The molecular weight excluding hydrogens is 260 g/mol. The molecule has 0 fully saturated rings. The summed E-state index contributed by atoms with van der Waals surface area (Å²) < 4.78 is 27.3. The Morgan fingerprint density at radius 1 is 1.39 bits per heavy atom. The van der Waals surface area contributed by atoms with Crippen LogP contribution in [0, 0.1) is 0 Å². The Kier molecular flexibility index (Phi) is 4.51. The first-order valence-corrected chi connectivity index (χ1v) is 6.68. The molecule has 1 rings (SSSR count). The van der Waals surface area contributed by atoms with Gasteiger partial charge in [0.25, 0.3) is 10.2 Å². The third-order valence-electron chi connectivity index (χ3n) is 2.05. The van der Waals surface area contributed by atoms with Gasteiger partial charge >= 0.3 is 5.97 Å². The molecule has 0 aromatic heterocycles. The smallest absolute Gasteiger partial charge is 0.339 e. The number of rotatable bonds is 6. The molecule has 0 radical (unpaired) electrons. The zero-order valence-corrected chi connectivity index (χ0v) is 10.5. The fraction of sp³-hybridized carbons (Fsp3) is 0.300. The molecule has 8 heteroatoms. The van der Waals surface area contributed by atoms with Gasteiger partial charge in [-0.3, -0.25) is 4.72 Å². The Hall–Kier alpha value is -1.80. The molecule has 1 aromatic rings. The molecule has 7 nitrogen and oxygen atoms in total. The fourth-order valence-electron chi connectivity index (χ4n) is 1.22. The standard InChI is InChI=1S/C10H14N2O5S/c1-2-6-11-18(16,17)12-8-5-3-4-7(9(8)13)10(14)15/h3-5,11-13H,2,6H2,1H3,(H,14,15). The molecule has 0 bridgehead atoms. The molecule has 0 spiro atoms. The number of carboxylic acid groups (broad SMARTS) is 1. The van der Waals surface area contributed by atoms with Crippen molar-refractivity contribution in [3.05, 3.63) is 23.8 Å². The molecule has 0 aliphatic rings. The van der Waals surface area contributed by atoms with Crippen LogP contribution in [0.15, 0.2) is 18.2 Å². The van der Waals surface area contributed by atoms with E-state index in [0.717, 1.165) is 0 Å². The van der Waals surface area contributed by atoms with Crippen molar-refractivity contribution in [1.82, 2.24) is 4.72 Å². The second kappa shape index (κ2) is 5.69. The highest BCUT2D eigenvalue weighted by Crippen LogP contribution is 2.27. The largest absolute Gasteiger partial charge is 0.505 e. The average Bonchev–Trinajstić information content (AvgIpc) is 2.29. The first-order valence-electron chi connectivity index (χ1n) is 5.20. The Bertz CT molecular complexity index is 541. The van der Waals surface area contributed by atoms with Gasteiger partial charge < -0.3 is 10.2 Å². The molecule has 100 valence electrons. The van der Waals surface area contributed by atoms with Gasteiger partial charge in [0.05, 0.1) is 5.69 Å². The van der Waals surface area contributed by atoms with Gasteiger partial charge in [0.2, 0.25) is 0 Å². The maximum Gasteiger partial charge on any atom is 0.339 e. The van der Waals surface area contributed by atoms with Crippen molar-refractivity contribution < 1.29 is 23.4 Å². The number of carboxylic acids is 1. The van der Waals surface area contributed by atoms with Gasteiger partial charge in [-0.15, -0.1) is 0 Å². The third-order valence-corrected chi connectivity index (χ3v) is 3.13. The lowest BCUT2D eigenvalue weighted by atomic mass is 10.2. The molecule has 0 saturated carbocycles. The summed E-state index contributed by atoms with van der Waals surface area (Å²) >= 11 is 0. The van der Waals surface area contributed by atoms with E-state index in [0.29, 0.717) is 6.42 Å². The predicted octanol–water partition coefficient (Wildman–Crippen LogP) is 0.747. The lowest BCUT2D eigenvalue weighted by Crippen LogP contribution is -2.30. The van der Waals surface area contributed by atoms with Gasteiger partial charge in [-0.2, -0.15) is 13.1 Å². The van der Waals surface area contributed by atoms with Crippen molar-refractivity contribution in [2.24, 2.45) is 0 Å². The zero-order chi connectivity index (χ0) is 13.8. The number of aromatic carboxylic acids is 1. The summed E-state index contributed by atoms with van der Waals surface area (Å²) in [5, 5.41) is 18.4. The van der Waals surface area contributed by atoms with Crippen LogP contribution in [0.3, 0.4) is 0 Å². The molecular formula is C10H14N2O5S. The predicted molar refractivity (Wildman–Crippen MR) is 65.9 cm³/mol. The molecule has 0 unspecified atom stereocenters. The van der Waals surface area contributed by atoms with Crippen LogP contribution in [0.5, 0.6) is 5.75 Å². The number of anilines is 1. The number of aromatic hydroxyl groups is 1. The van der Waals surface area contributed by atoms with E-state index in [2.05, 4.69) is 9.44 Å². The van der Waals surface area contributed by atoms with Crippen molar-refractivity contribution in [2.75, 3.05) is 11.3 Å². The van der Waals surface area contributed by atoms with Crippen molar-refractivity contribution >= 4 is 21.9 Å². The maximum atomic E-state index is 11.5. The number of phenols is 1. The first kappa shape index (κ1) is 14.3. The van der Waals surface area contributed by atoms with E-state index < -0.39 is 21.9 Å². The van der Waals surface area contributed by atoms with Crippen molar-refractivity contribution in [3.8, 4) is 5.75 Å². The Morgan fingerprint density at radius 3 is 2.61 bits per heavy atom. The number of carbonyl (C=O) groups is 1. The minimum absolute atomic E-state index is 0.182. The average molecular weight is 274 g/mol. The van der Waals surface area contributed by atoms with Gasteiger partial charge in [0.15, 0.2) is 5.75 Å². The molecule has 18 heavy (non-hydrogen) atoms. The van der Waals surface area contributed by atoms with Gasteiger partial charge in [0.1, 0.15) is 5.56 Å². The lowest BCUT2D eigenvalue weighted by Gasteiger charge is -2.11. The van der Waals surface area contributed by atoms with Crippen LogP contribution in [0.25, 0.3) is 0 Å². The Labute approximate surface area is 105 Å². The van der Waals surface area contributed by atoms with Crippen molar-refractivity contribution in [2.45, 2.75) is 13.3 Å².